The van der Waals surface area contributed by atoms with Gasteiger partial charge in [0.25, 0.3) is 0 Å². The van der Waals surface area contributed by atoms with E-state index in [0.717, 1.165) is 6.42 Å². The van der Waals surface area contributed by atoms with Gasteiger partial charge >= 0.3 is 0 Å². The number of hydrogen-bond donors (Lipinski definition) is 1. The molecule has 1 amide bonds. The number of rotatable bonds is 6. The molecule has 1 atom stereocenters. The number of aromatic nitrogens is 2. The summed E-state index contributed by atoms with van der Waals surface area (Å²) >= 11 is 5.93. The average Bonchev–Trinajstić information content (AvgIpc) is 2.95. The van der Waals surface area contributed by atoms with Crippen LogP contribution in [0.3, 0.4) is 0 Å². The third-order valence-electron chi connectivity index (χ3n) is 3.25. The average molecular weight is 310 g/mol. The first-order valence-electron chi connectivity index (χ1n) is 6.78. The molecule has 6 heteroatoms. The van der Waals surface area contributed by atoms with Crippen molar-refractivity contribution in [2.75, 3.05) is 0 Å². The lowest BCUT2D eigenvalue weighted by atomic mass is 10.1. The third kappa shape index (κ3) is 4.29. The largest absolute Gasteiger partial charge is 0.351 e. The molecule has 0 saturated heterocycles. The first-order chi connectivity index (χ1) is 10.1. The molecule has 0 radical (unpaired) electrons. The number of carbonyl (C=O) groups is 1. The number of imidazole rings is 1. The van der Waals surface area contributed by atoms with Crippen LogP contribution in [0.5, 0.6) is 0 Å². The van der Waals surface area contributed by atoms with Gasteiger partial charge in [-0.1, -0.05) is 24.6 Å². The van der Waals surface area contributed by atoms with Crippen molar-refractivity contribution in [3.05, 3.63) is 53.3 Å². The zero-order valence-corrected chi connectivity index (χ0v) is 12.5. The topological polar surface area (TPSA) is 46.9 Å². The van der Waals surface area contributed by atoms with Crippen LogP contribution < -0.4 is 5.32 Å². The number of amides is 1. The van der Waals surface area contributed by atoms with Crippen LogP contribution in [0.15, 0.2) is 36.9 Å². The van der Waals surface area contributed by atoms with Gasteiger partial charge in [-0.25, -0.2) is 9.37 Å². The summed E-state index contributed by atoms with van der Waals surface area (Å²) in [5.74, 6) is -0.700. The number of hydrogen-bond acceptors (Lipinski definition) is 2. The Labute approximate surface area is 127 Å². The lowest BCUT2D eigenvalue weighted by Crippen LogP contribution is -2.38. The number of carbonyl (C=O) groups excluding carboxylic acids is 1. The quantitative estimate of drug-likeness (QED) is 0.892. The second-order valence-corrected chi connectivity index (χ2v) is 5.22. The smallest absolute Gasteiger partial charge is 0.224 e. The highest BCUT2D eigenvalue weighted by Crippen LogP contribution is 2.19. The van der Waals surface area contributed by atoms with Gasteiger partial charge in [0.15, 0.2) is 0 Å². The highest BCUT2D eigenvalue weighted by atomic mass is 35.5. The molecule has 0 aliphatic carbocycles. The predicted molar refractivity (Wildman–Crippen MR) is 79.6 cm³/mol. The molecule has 0 aliphatic rings. The van der Waals surface area contributed by atoms with E-state index in [2.05, 4.69) is 10.3 Å². The zero-order chi connectivity index (χ0) is 15.2. The lowest BCUT2D eigenvalue weighted by Gasteiger charge is -2.17. The van der Waals surface area contributed by atoms with Gasteiger partial charge in [-0.2, -0.15) is 0 Å². The summed E-state index contributed by atoms with van der Waals surface area (Å²) in [5, 5.41) is 3.17. The van der Waals surface area contributed by atoms with Gasteiger partial charge in [0.2, 0.25) is 5.91 Å². The van der Waals surface area contributed by atoms with Crippen LogP contribution in [0.1, 0.15) is 18.9 Å². The van der Waals surface area contributed by atoms with Crippen LogP contribution in [-0.4, -0.2) is 21.5 Å². The van der Waals surface area contributed by atoms with Crippen LogP contribution in [0.4, 0.5) is 4.39 Å². The third-order valence-corrected chi connectivity index (χ3v) is 3.60. The Morgan fingerprint density at radius 1 is 1.52 bits per heavy atom. The van der Waals surface area contributed by atoms with E-state index in [0.29, 0.717) is 6.54 Å². The van der Waals surface area contributed by atoms with E-state index in [1.807, 2.05) is 17.7 Å². The monoisotopic (exact) mass is 309 g/mol. The summed E-state index contributed by atoms with van der Waals surface area (Å²) in [4.78, 5) is 16.0. The minimum Gasteiger partial charge on any atom is -0.351 e. The Bertz CT molecular complexity index is 581. The maximum atomic E-state index is 13.7. The van der Waals surface area contributed by atoms with E-state index in [-0.39, 0.29) is 29.0 Å². The molecule has 2 aromatic rings. The van der Waals surface area contributed by atoms with Crippen molar-refractivity contribution >= 4 is 17.5 Å². The van der Waals surface area contributed by atoms with Crippen LogP contribution in [0.25, 0.3) is 0 Å². The molecule has 2 rings (SSSR count). The fourth-order valence-electron chi connectivity index (χ4n) is 2.07. The van der Waals surface area contributed by atoms with Gasteiger partial charge in [-0.3, -0.25) is 4.79 Å². The minimum absolute atomic E-state index is 0.0303. The number of benzene rings is 1. The van der Waals surface area contributed by atoms with Gasteiger partial charge < -0.3 is 9.88 Å². The molecule has 1 aromatic carbocycles. The molecule has 1 unspecified atom stereocenters. The first kappa shape index (κ1) is 15.5. The number of nitrogens with one attached hydrogen (secondary N) is 1. The highest BCUT2D eigenvalue weighted by molar-refractivity contribution is 6.31. The molecule has 0 saturated carbocycles. The van der Waals surface area contributed by atoms with Gasteiger partial charge in [0.05, 0.1) is 12.7 Å². The van der Waals surface area contributed by atoms with E-state index >= 15 is 0 Å². The van der Waals surface area contributed by atoms with E-state index in [1.165, 1.54) is 12.1 Å². The maximum Gasteiger partial charge on any atom is 0.224 e. The summed E-state index contributed by atoms with van der Waals surface area (Å²) < 4.78 is 15.6. The molecule has 1 N–H and O–H groups in total. The minimum atomic E-state index is -0.458. The Morgan fingerprint density at radius 2 is 2.33 bits per heavy atom. The molecule has 0 bridgehead atoms. The van der Waals surface area contributed by atoms with Crippen LogP contribution >= 0.6 is 11.6 Å². The maximum absolute atomic E-state index is 13.7. The molecule has 0 fully saturated rings. The number of halogens is 2. The van der Waals surface area contributed by atoms with Gasteiger partial charge in [0.1, 0.15) is 5.82 Å². The van der Waals surface area contributed by atoms with E-state index in [4.69, 9.17) is 11.6 Å². The van der Waals surface area contributed by atoms with Crippen molar-refractivity contribution in [2.24, 2.45) is 0 Å². The van der Waals surface area contributed by atoms with Crippen molar-refractivity contribution < 1.29 is 9.18 Å². The molecule has 112 valence electrons. The normalized spacial score (nSPS) is 12.1. The molecule has 1 aromatic heterocycles. The first-order valence-corrected chi connectivity index (χ1v) is 7.16. The highest BCUT2D eigenvalue weighted by Gasteiger charge is 2.15. The standard InChI is InChI=1S/C15H17ClFN3O/c1-2-11(9-20-7-6-18-10-20)19-15(21)8-12-13(16)4-3-5-14(12)17/h3-7,10-11H,2,8-9H2,1H3,(H,19,21). The Hall–Kier alpha value is -1.88. The molecule has 1 heterocycles. The number of nitrogens with zero attached hydrogens (tertiary/aromatic N) is 2. The van der Waals surface area contributed by atoms with Crippen LogP contribution in [-0.2, 0) is 17.8 Å². The van der Waals surface area contributed by atoms with Crippen molar-refractivity contribution in [2.45, 2.75) is 32.4 Å². The van der Waals surface area contributed by atoms with Crippen LogP contribution in [0, 0.1) is 5.82 Å². The second-order valence-electron chi connectivity index (χ2n) is 4.81. The van der Waals surface area contributed by atoms with Crippen molar-refractivity contribution in [3.63, 3.8) is 0 Å². The summed E-state index contributed by atoms with van der Waals surface area (Å²) in [6, 6.07) is 4.37. The Morgan fingerprint density at radius 3 is 2.95 bits per heavy atom. The summed E-state index contributed by atoms with van der Waals surface area (Å²) in [5.41, 5.74) is 0.231. The van der Waals surface area contributed by atoms with E-state index < -0.39 is 5.82 Å². The molecule has 0 aliphatic heterocycles. The SMILES string of the molecule is CCC(Cn1ccnc1)NC(=O)Cc1c(F)cccc1Cl. The zero-order valence-electron chi connectivity index (χ0n) is 11.7. The Balaban J connectivity index is 1.97. The Kier molecular flexibility index (Phi) is 5.33. The fraction of sp³-hybridized carbons (Fsp3) is 0.333. The second kappa shape index (κ2) is 7.22. The van der Waals surface area contributed by atoms with Crippen molar-refractivity contribution in [3.8, 4) is 0 Å². The molecule has 4 nitrogen and oxygen atoms in total. The van der Waals surface area contributed by atoms with Gasteiger partial charge in [-0.15, -0.1) is 0 Å². The van der Waals surface area contributed by atoms with E-state index in [9.17, 15) is 9.18 Å². The summed E-state index contributed by atoms with van der Waals surface area (Å²) in [7, 11) is 0. The van der Waals surface area contributed by atoms with Crippen LogP contribution in [0.2, 0.25) is 5.02 Å². The van der Waals surface area contributed by atoms with Crippen molar-refractivity contribution in [1.29, 1.82) is 0 Å². The van der Waals surface area contributed by atoms with E-state index in [1.54, 1.807) is 18.6 Å². The summed E-state index contributed by atoms with van der Waals surface area (Å²) in [6.07, 6.45) is 5.93. The fourth-order valence-corrected chi connectivity index (χ4v) is 2.30. The van der Waals surface area contributed by atoms with Gasteiger partial charge in [0, 0.05) is 35.6 Å². The molecule has 0 spiro atoms. The lowest BCUT2D eigenvalue weighted by molar-refractivity contribution is -0.121. The predicted octanol–water partition coefficient (Wildman–Crippen LogP) is 2.81. The van der Waals surface area contributed by atoms with Gasteiger partial charge in [-0.05, 0) is 18.6 Å². The molecular weight excluding hydrogens is 293 g/mol. The van der Waals surface area contributed by atoms with Crippen molar-refractivity contribution in [1.82, 2.24) is 14.9 Å². The molecule has 21 heavy (non-hydrogen) atoms. The molecular formula is C15H17ClFN3O. The summed E-state index contributed by atoms with van der Waals surface area (Å²) in [6.45, 7) is 2.62.